The molecule has 0 spiro atoms. The predicted octanol–water partition coefficient (Wildman–Crippen LogP) is 3.13. The van der Waals surface area contributed by atoms with E-state index in [1.807, 2.05) is 6.92 Å². The maximum Gasteiger partial charge on any atom is 0.251 e. The number of rotatable bonds is 3. The molecule has 0 radical (unpaired) electrons. The number of aryl methyl sites for hydroxylation is 1. The summed E-state index contributed by atoms with van der Waals surface area (Å²) in [6.07, 6.45) is 3.31. The van der Waals surface area contributed by atoms with E-state index in [9.17, 15) is 4.79 Å². The van der Waals surface area contributed by atoms with Gasteiger partial charge < -0.3 is 5.32 Å². The second-order valence-corrected chi connectivity index (χ2v) is 5.34. The highest BCUT2D eigenvalue weighted by Crippen LogP contribution is 2.19. The third-order valence-corrected chi connectivity index (χ3v) is 3.07. The Morgan fingerprint density at radius 2 is 2.11 bits per heavy atom. The van der Waals surface area contributed by atoms with Gasteiger partial charge in [-0.15, -0.1) is 0 Å². The Bertz CT molecular complexity index is 581. The van der Waals surface area contributed by atoms with Crippen molar-refractivity contribution in [2.24, 2.45) is 0 Å². The van der Waals surface area contributed by atoms with Crippen LogP contribution in [-0.4, -0.2) is 15.9 Å². The summed E-state index contributed by atoms with van der Waals surface area (Å²) in [6, 6.07) is 5.05. The minimum Gasteiger partial charge on any atom is -0.346 e. The third kappa shape index (κ3) is 4.01. The summed E-state index contributed by atoms with van der Waals surface area (Å²) in [4.78, 5) is 20.2. The molecule has 0 aliphatic carbocycles. The molecule has 1 aromatic heterocycles. The van der Waals surface area contributed by atoms with Gasteiger partial charge in [-0.3, -0.25) is 14.8 Å². The lowest BCUT2D eigenvalue weighted by Crippen LogP contribution is -2.23. The van der Waals surface area contributed by atoms with Gasteiger partial charge in [0.1, 0.15) is 0 Å². The van der Waals surface area contributed by atoms with Crippen molar-refractivity contribution in [3.8, 4) is 0 Å². The van der Waals surface area contributed by atoms with Gasteiger partial charge in [0.25, 0.3) is 5.91 Å². The first-order chi connectivity index (χ1) is 9.04. The number of amides is 1. The van der Waals surface area contributed by atoms with Crippen LogP contribution in [0.5, 0.6) is 0 Å². The minimum absolute atomic E-state index is 0.203. The van der Waals surface area contributed by atoms with Gasteiger partial charge in [-0.1, -0.05) is 27.5 Å². The number of halogens is 2. The Labute approximate surface area is 124 Å². The van der Waals surface area contributed by atoms with Crippen molar-refractivity contribution in [2.45, 2.75) is 13.5 Å². The van der Waals surface area contributed by atoms with Crippen LogP contribution in [0, 0.1) is 6.92 Å². The van der Waals surface area contributed by atoms with Crippen molar-refractivity contribution in [3.63, 3.8) is 0 Å². The molecular formula is C13H11BrClN3O. The number of hydrogen-bond acceptors (Lipinski definition) is 3. The molecule has 4 nitrogen and oxygen atoms in total. The molecule has 2 rings (SSSR count). The summed E-state index contributed by atoms with van der Waals surface area (Å²) in [5.41, 5.74) is 2.05. The number of nitrogens with one attached hydrogen (secondary N) is 1. The molecule has 0 bridgehead atoms. The average Bonchev–Trinajstić information content (AvgIpc) is 2.36. The zero-order chi connectivity index (χ0) is 13.8. The van der Waals surface area contributed by atoms with Crippen LogP contribution in [0.15, 0.2) is 35.1 Å². The Hall–Kier alpha value is -1.46. The highest BCUT2D eigenvalue weighted by Gasteiger charge is 2.07. The number of carbonyl (C=O) groups is 1. The Kier molecular flexibility index (Phi) is 4.50. The standard InChI is InChI=1S/C13H11BrClN3O/c1-8-5-17-12(6-16-8)7-18-13(19)9-2-10(14)4-11(15)3-9/h2-6H,7H2,1H3,(H,18,19). The van der Waals surface area contributed by atoms with E-state index in [0.29, 0.717) is 22.8 Å². The van der Waals surface area contributed by atoms with Gasteiger partial charge in [-0.25, -0.2) is 0 Å². The molecule has 0 saturated carbocycles. The smallest absolute Gasteiger partial charge is 0.251 e. The second kappa shape index (κ2) is 6.12. The van der Waals surface area contributed by atoms with Crippen LogP contribution >= 0.6 is 27.5 Å². The fourth-order valence-corrected chi connectivity index (χ4v) is 2.33. The summed E-state index contributed by atoms with van der Waals surface area (Å²) in [7, 11) is 0. The summed E-state index contributed by atoms with van der Waals surface area (Å²) >= 11 is 9.19. The van der Waals surface area contributed by atoms with Gasteiger partial charge in [-0.05, 0) is 25.1 Å². The van der Waals surface area contributed by atoms with Crippen LogP contribution in [-0.2, 0) is 6.54 Å². The minimum atomic E-state index is -0.203. The second-order valence-electron chi connectivity index (χ2n) is 3.99. The normalized spacial score (nSPS) is 10.3. The van der Waals surface area contributed by atoms with Crippen molar-refractivity contribution in [1.82, 2.24) is 15.3 Å². The molecule has 0 saturated heterocycles. The maximum absolute atomic E-state index is 12.0. The van der Waals surface area contributed by atoms with E-state index in [0.717, 1.165) is 10.2 Å². The highest BCUT2D eigenvalue weighted by atomic mass is 79.9. The molecule has 0 atom stereocenters. The van der Waals surface area contributed by atoms with Gasteiger partial charge in [0, 0.05) is 21.3 Å². The Balaban J connectivity index is 2.03. The average molecular weight is 341 g/mol. The molecule has 1 amide bonds. The number of carbonyl (C=O) groups excluding carboxylic acids is 1. The maximum atomic E-state index is 12.0. The van der Waals surface area contributed by atoms with E-state index in [4.69, 9.17) is 11.6 Å². The quantitative estimate of drug-likeness (QED) is 0.934. The van der Waals surface area contributed by atoms with E-state index in [1.54, 1.807) is 30.6 Å². The molecule has 1 heterocycles. The molecule has 0 aliphatic rings. The van der Waals surface area contributed by atoms with Crippen molar-refractivity contribution in [3.05, 3.63) is 57.0 Å². The Morgan fingerprint density at radius 1 is 1.32 bits per heavy atom. The van der Waals surface area contributed by atoms with Crippen molar-refractivity contribution < 1.29 is 4.79 Å². The topological polar surface area (TPSA) is 54.9 Å². The zero-order valence-electron chi connectivity index (χ0n) is 10.2. The van der Waals surface area contributed by atoms with E-state index in [2.05, 4.69) is 31.2 Å². The number of nitrogens with zero attached hydrogens (tertiary/aromatic N) is 2. The van der Waals surface area contributed by atoms with Crippen LogP contribution in [0.3, 0.4) is 0 Å². The highest BCUT2D eigenvalue weighted by molar-refractivity contribution is 9.10. The lowest BCUT2D eigenvalue weighted by atomic mass is 10.2. The largest absolute Gasteiger partial charge is 0.346 e. The van der Waals surface area contributed by atoms with E-state index < -0.39 is 0 Å². The zero-order valence-corrected chi connectivity index (χ0v) is 12.5. The van der Waals surface area contributed by atoms with Crippen LogP contribution in [0.4, 0.5) is 0 Å². The molecule has 0 aliphatic heterocycles. The number of hydrogen-bond donors (Lipinski definition) is 1. The lowest BCUT2D eigenvalue weighted by Gasteiger charge is -2.06. The molecule has 0 fully saturated rings. The molecular weight excluding hydrogens is 330 g/mol. The molecule has 6 heteroatoms. The van der Waals surface area contributed by atoms with Gasteiger partial charge >= 0.3 is 0 Å². The third-order valence-electron chi connectivity index (χ3n) is 2.39. The fraction of sp³-hybridized carbons (Fsp3) is 0.154. The molecule has 98 valence electrons. The number of aromatic nitrogens is 2. The fourth-order valence-electron chi connectivity index (χ4n) is 1.47. The van der Waals surface area contributed by atoms with Crippen molar-refractivity contribution >= 4 is 33.4 Å². The van der Waals surface area contributed by atoms with Crippen LogP contribution in [0.2, 0.25) is 5.02 Å². The van der Waals surface area contributed by atoms with E-state index in [-0.39, 0.29) is 5.91 Å². The van der Waals surface area contributed by atoms with Crippen LogP contribution in [0.25, 0.3) is 0 Å². The molecule has 19 heavy (non-hydrogen) atoms. The molecule has 0 unspecified atom stereocenters. The summed E-state index contributed by atoms with van der Waals surface area (Å²) in [5, 5.41) is 3.28. The lowest BCUT2D eigenvalue weighted by molar-refractivity contribution is 0.0950. The van der Waals surface area contributed by atoms with Gasteiger partial charge in [0.05, 0.1) is 24.1 Å². The summed E-state index contributed by atoms with van der Waals surface area (Å²) < 4.78 is 0.764. The first-order valence-corrected chi connectivity index (χ1v) is 6.73. The van der Waals surface area contributed by atoms with E-state index >= 15 is 0 Å². The van der Waals surface area contributed by atoms with Gasteiger partial charge in [0.2, 0.25) is 0 Å². The van der Waals surface area contributed by atoms with Crippen LogP contribution < -0.4 is 5.32 Å². The summed E-state index contributed by atoms with van der Waals surface area (Å²) in [5.74, 6) is -0.203. The SMILES string of the molecule is Cc1cnc(CNC(=O)c2cc(Cl)cc(Br)c2)cn1. The summed E-state index contributed by atoms with van der Waals surface area (Å²) in [6.45, 7) is 2.19. The first kappa shape index (κ1) is 14.0. The van der Waals surface area contributed by atoms with Gasteiger partial charge in [0.15, 0.2) is 0 Å². The Morgan fingerprint density at radius 3 is 2.74 bits per heavy atom. The van der Waals surface area contributed by atoms with Crippen LogP contribution in [0.1, 0.15) is 21.7 Å². The van der Waals surface area contributed by atoms with Crippen molar-refractivity contribution in [2.75, 3.05) is 0 Å². The molecule has 2 aromatic rings. The van der Waals surface area contributed by atoms with Gasteiger partial charge in [-0.2, -0.15) is 0 Å². The predicted molar refractivity (Wildman–Crippen MR) is 77.1 cm³/mol. The molecule has 1 aromatic carbocycles. The number of benzene rings is 1. The molecule has 1 N–H and O–H groups in total. The van der Waals surface area contributed by atoms with E-state index in [1.165, 1.54) is 0 Å². The monoisotopic (exact) mass is 339 g/mol. The first-order valence-electron chi connectivity index (χ1n) is 5.56. The van der Waals surface area contributed by atoms with Crippen molar-refractivity contribution in [1.29, 1.82) is 0 Å².